The lowest BCUT2D eigenvalue weighted by Crippen LogP contribution is -2.40. The number of nitrogens with one attached hydrogen (secondary N) is 1. The van der Waals surface area contributed by atoms with E-state index in [1.807, 2.05) is 0 Å². The van der Waals surface area contributed by atoms with Gasteiger partial charge in [0.15, 0.2) is 0 Å². The summed E-state index contributed by atoms with van der Waals surface area (Å²) in [6, 6.07) is 10.7. The molecule has 3 rings (SSSR count). The molecule has 1 N–H and O–H groups in total. The minimum atomic E-state index is 0.625. The molecule has 1 heterocycles. The van der Waals surface area contributed by atoms with Crippen molar-refractivity contribution < 1.29 is 0 Å². The van der Waals surface area contributed by atoms with Crippen molar-refractivity contribution in [3.8, 4) is 0 Å². The van der Waals surface area contributed by atoms with Gasteiger partial charge in [-0.2, -0.15) is 0 Å². The summed E-state index contributed by atoms with van der Waals surface area (Å²) in [5.41, 5.74) is 2.91. The topological polar surface area (TPSA) is 15.3 Å². The van der Waals surface area contributed by atoms with Gasteiger partial charge in [-0.1, -0.05) is 38.1 Å². The summed E-state index contributed by atoms with van der Waals surface area (Å²) in [5, 5.41) is 3.77. The van der Waals surface area contributed by atoms with E-state index in [-0.39, 0.29) is 0 Å². The van der Waals surface area contributed by atoms with Crippen molar-refractivity contribution in [3.63, 3.8) is 0 Å². The van der Waals surface area contributed by atoms with Crippen LogP contribution in [0.25, 0.3) is 0 Å². The first-order valence-corrected chi connectivity index (χ1v) is 8.69. The molecule has 0 radical (unpaired) electrons. The van der Waals surface area contributed by atoms with E-state index in [2.05, 4.69) is 55.3 Å². The van der Waals surface area contributed by atoms with Crippen LogP contribution in [0.4, 0.5) is 0 Å². The fourth-order valence-corrected chi connectivity index (χ4v) is 3.43. The Morgan fingerprint density at radius 3 is 2.48 bits per heavy atom. The summed E-state index contributed by atoms with van der Waals surface area (Å²) in [7, 11) is 0. The third-order valence-corrected chi connectivity index (χ3v) is 5.25. The Hall–Kier alpha value is -0.860. The molecule has 1 aromatic rings. The quantitative estimate of drug-likeness (QED) is 0.906. The second kappa shape index (κ2) is 6.50. The zero-order chi connectivity index (χ0) is 14.8. The maximum absolute atomic E-state index is 3.77. The first-order chi connectivity index (χ1) is 10.1. The van der Waals surface area contributed by atoms with E-state index in [0.717, 1.165) is 18.5 Å². The largest absolute Gasteiger partial charge is 0.312 e. The Kier molecular flexibility index (Phi) is 4.66. The smallest absolute Gasteiger partial charge is 0.0237 e. The summed E-state index contributed by atoms with van der Waals surface area (Å²) >= 11 is 0. The van der Waals surface area contributed by atoms with E-state index in [1.54, 1.807) is 0 Å². The highest BCUT2D eigenvalue weighted by molar-refractivity contribution is 5.24. The normalized spacial score (nSPS) is 27.8. The van der Waals surface area contributed by atoms with Crippen LogP contribution in [0.3, 0.4) is 0 Å². The summed E-state index contributed by atoms with van der Waals surface area (Å²) in [6.45, 7) is 10.4. The highest BCUT2D eigenvalue weighted by Gasteiger charge is 2.34. The van der Waals surface area contributed by atoms with Crippen molar-refractivity contribution in [2.45, 2.75) is 64.6 Å². The zero-order valence-electron chi connectivity index (χ0n) is 13.8. The molecular formula is C19H30N2. The molecule has 0 amide bonds. The summed E-state index contributed by atoms with van der Waals surface area (Å²) in [4.78, 5) is 2.69. The van der Waals surface area contributed by atoms with Crippen LogP contribution in [-0.4, -0.2) is 30.1 Å². The summed E-state index contributed by atoms with van der Waals surface area (Å²) in [5.74, 6) is 1.57. The van der Waals surface area contributed by atoms with Gasteiger partial charge in [0.1, 0.15) is 0 Å². The van der Waals surface area contributed by atoms with E-state index >= 15 is 0 Å². The molecule has 2 heteroatoms. The molecule has 2 atom stereocenters. The van der Waals surface area contributed by atoms with Crippen molar-refractivity contribution in [1.82, 2.24) is 10.2 Å². The average Bonchev–Trinajstić information content (AvgIpc) is 3.29. The van der Waals surface area contributed by atoms with Crippen molar-refractivity contribution in [2.24, 2.45) is 5.92 Å². The van der Waals surface area contributed by atoms with E-state index in [1.165, 1.54) is 43.5 Å². The third-order valence-electron chi connectivity index (χ3n) is 5.25. The van der Waals surface area contributed by atoms with Crippen molar-refractivity contribution >= 4 is 0 Å². The highest BCUT2D eigenvalue weighted by Crippen LogP contribution is 2.34. The second-order valence-electron chi connectivity index (χ2n) is 7.36. The molecule has 1 aliphatic carbocycles. The number of benzene rings is 1. The second-order valence-corrected chi connectivity index (χ2v) is 7.36. The lowest BCUT2D eigenvalue weighted by Gasteiger charge is -2.29. The molecular weight excluding hydrogens is 256 g/mol. The Labute approximate surface area is 129 Å². The molecule has 21 heavy (non-hydrogen) atoms. The summed E-state index contributed by atoms with van der Waals surface area (Å²) < 4.78 is 0. The molecule has 2 nitrogen and oxygen atoms in total. The number of nitrogens with zero attached hydrogens (tertiary/aromatic N) is 1. The minimum absolute atomic E-state index is 0.625. The van der Waals surface area contributed by atoms with Gasteiger partial charge in [0.05, 0.1) is 0 Å². The molecule has 2 fully saturated rings. The van der Waals surface area contributed by atoms with Crippen molar-refractivity contribution in [1.29, 1.82) is 0 Å². The molecule has 1 saturated carbocycles. The van der Waals surface area contributed by atoms with Gasteiger partial charge in [0.2, 0.25) is 0 Å². The van der Waals surface area contributed by atoms with Crippen molar-refractivity contribution in [3.05, 3.63) is 35.4 Å². The van der Waals surface area contributed by atoms with Crippen LogP contribution in [0.2, 0.25) is 0 Å². The van der Waals surface area contributed by atoms with Gasteiger partial charge in [-0.25, -0.2) is 0 Å². The van der Waals surface area contributed by atoms with Crippen LogP contribution in [0.15, 0.2) is 24.3 Å². The van der Waals surface area contributed by atoms with Gasteiger partial charge in [0, 0.05) is 25.2 Å². The van der Waals surface area contributed by atoms with Crippen LogP contribution in [0.5, 0.6) is 0 Å². The van der Waals surface area contributed by atoms with Gasteiger partial charge in [-0.05, 0) is 55.7 Å². The van der Waals surface area contributed by atoms with Crippen LogP contribution in [0.1, 0.15) is 57.1 Å². The number of hydrogen-bond donors (Lipinski definition) is 1. The fourth-order valence-electron chi connectivity index (χ4n) is 3.43. The molecule has 1 saturated heterocycles. The molecule has 0 bridgehead atoms. The Bertz CT molecular complexity index is 447. The minimum Gasteiger partial charge on any atom is -0.312 e. The SMILES string of the molecule is CC(C)c1ccc(CN2CC(C3CC3)NCCC2C)cc1. The van der Waals surface area contributed by atoms with Crippen LogP contribution in [0, 0.1) is 5.92 Å². The van der Waals surface area contributed by atoms with Gasteiger partial charge in [0.25, 0.3) is 0 Å². The molecule has 2 unspecified atom stereocenters. The molecule has 116 valence electrons. The lowest BCUT2D eigenvalue weighted by atomic mass is 10.0. The lowest BCUT2D eigenvalue weighted by molar-refractivity contribution is 0.190. The van der Waals surface area contributed by atoms with Gasteiger partial charge < -0.3 is 5.32 Å². The van der Waals surface area contributed by atoms with Gasteiger partial charge >= 0.3 is 0 Å². The van der Waals surface area contributed by atoms with Crippen LogP contribution >= 0.6 is 0 Å². The van der Waals surface area contributed by atoms with E-state index in [9.17, 15) is 0 Å². The Morgan fingerprint density at radius 2 is 1.86 bits per heavy atom. The molecule has 2 aliphatic rings. The van der Waals surface area contributed by atoms with E-state index in [0.29, 0.717) is 12.0 Å². The zero-order valence-corrected chi connectivity index (χ0v) is 13.8. The van der Waals surface area contributed by atoms with Crippen molar-refractivity contribution in [2.75, 3.05) is 13.1 Å². The third kappa shape index (κ3) is 3.87. The fraction of sp³-hybridized carbons (Fsp3) is 0.684. The number of hydrogen-bond acceptors (Lipinski definition) is 2. The van der Waals surface area contributed by atoms with E-state index in [4.69, 9.17) is 0 Å². The summed E-state index contributed by atoms with van der Waals surface area (Å²) in [6.07, 6.45) is 4.14. The molecule has 1 aromatic carbocycles. The standard InChI is InChI=1S/C19H30N2/c1-14(2)17-6-4-16(5-7-17)12-21-13-19(18-8-9-18)20-11-10-15(21)3/h4-7,14-15,18-20H,8-13H2,1-3H3. The first kappa shape index (κ1) is 15.1. The maximum Gasteiger partial charge on any atom is 0.0237 e. The van der Waals surface area contributed by atoms with Crippen LogP contribution < -0.4 is 5.32 Å². The Morgan fingerprint density at radius 1 is 1.14 bits per heavy atom. The monoisotopic (exact) mass is 286 g/mol. The molecule has 0 aromatic heterocycles. The molecule has 1 aliphatic heterocycles. The predicted octanol–water partition coefficient (Wildman–Crippen LogP) is 3.77. The first-order valence-electron chi connectivity index (χ1n) is 8.69. The average molecular weight is 286 g/mol. The maximum atomic E-state index is 3.77. The number of rotatable bonds is 4. The van der Waals surface area contributed by atoms with Gasteiger partial charge in [-0.3, -0.25) is 4.90 Å². The van der Waals surface area contributed by atoms with Crippen LogP contribution in [-0.2, 0) is 6.54 Å². The highest BCUT2D eigenvalue weighted by atomic mass is 15.2. The predicted molar refractivity (Wildman–Crippen MR) is 89.5 cm³/mol. The van der Waals surface area contributed by atoms with E-state index < -0.39 is 0 Å². The molecule has 0 spiro atoms. The van der Waals surface area contributed by atoms with Gasteiger partial charge in [-0.15, -0.1) is 0 Å². The Balaban J connectivity index is 1.65.